The lowest BCUT2D eigenvalue weighted by molar-refractivity contribution is 0.500. The maximum Gasteiger partial charge on any atom is 0.636 e. The molecule has 0 unspecified atom stereocenters. The third-order valence-corrected chi connectivity index (χ3v) is 6.89. The maximum atomic E-state index is 6.33. The lowest BCUT2D eigenvalue weighted by atomic mass is 9.76. The van der Waals surface area contributed by atoms with Crippen LogP contribution >= 0.6 is 0 Å². The molecule has 0 radical (unpaired) electrons. The first-order valence-electron chi connectivity index (χ1n) is 11.6. The summed E-state index contributed by atoms with van der Waals surface area (Å²) in [5, 5.41) is 0. The van der Waals surface area contributed by atoms with Crippen molar-refractivity contribution in [3.05, 3.63) is 72.8 Å². The van der Waals surface area contributed by atoms with Crippen LogP contribution in [0.2, 0.25) is 0 Å². The quantitative estimate of drug-likeness (QED) is 0.347. The topological polar surface area (TPSA) is 73.8 Å². The van der Waals surface area contributed by atoms with Crippen molar-refractivity contribution in [1.29, 1.82) is 0 Å². The summed E-state index contributed by atoms with van der Waals surface area (Å²) in [6, 6.07) is 22.6. The third kappa shape index (κ3) is 2.43. The van der Waals surface area contributed by atoms with Crippen LogP contribution in [-0.4, -0.2) is 28.5 Å². The van der Waals surface area contributed by atoms with Gasteiger partial charge >= 0.3 is 28.5 Å². The highest BCUT2D eigenvalue weighted by atomic mass is 16.7. The first-order valence-corrected chi connectivity index (χ1v) is 11.6. The molecule has 9 rings (SSSR count). The Morgan fingerprint density at radius 2 is 0.556 bits per heavy atom. The van der Waals surface area contributed by atoms with E-state index in [1.54, 1.807) is 0 Å². The van der Waals surface area contributed by atoms with Gasteiger partial charge in [0.1, 0.15) is 46.0 Å². The normalized spacial score (nSPS) is 16.2. The van der Waals surface area contributed by atoms with Crippen molar-refractivity contribution in [3.8, 4) is 46.0 Å². The number of para-hydroxylation sites is 4. The number of fused-ring (bicyclic) bond motifs is 8. The van der Waals surface area contributed by atoms with Crippen LogP contribution in [0, 0.1) is 0 Å². The molecule has 4 aromatic rings. The molecule has 5 heterocycles. The van der Waals surface area contributed by atoms with Crippen molar-refractivity contribution >= 4 is 50.3 Å². The summed E-state index contributed by atoms with van der Waals surface area (Å²) in [7, 11) is -2.90. The van der Waals surface area contributed by atoms with Gasteiger partial charge in [0.05, 0.1) is 21.9 Å². The van der Waals surface area contributed by atoms with Gasteiger partial charge in [-0.2, -0.15) is 0 Å². The fraction of sp³-hybridized carbons (Fsp3) is 0. The Hall–Kier alpha value is -4.46. The lowest BCUT2D eigenvalue weighted by Gasteiger charge is -2.12. The zero-order chi connectivity index (χ0) is 23.4. The molecule has 5 aliphatic heterocycles. The molecule has 4 aromatic carbocycles. The summed E-state index contributed by atoms with van der Waals surface area (Å²) in [4.78, 5) is 0. The van der Waals surface area contributed by atoms with E-state index in [-0.39, 0.29) is 0 Å². The van der Waals surface area contributed by atoms with Crippen molar-refractivity contribution in [2.75, 3.05) is 0 Å². The fourth-order valence-corrected chi connectivity index (χ4v) is 5.24. The molecular formula is C24H12B4O8. The zero-order valence-electron chi connectivity index (χ0n) is 18.5. The standard InChI is InChI=1S/C24H12B4O8/c1-5-13-21-17(9-1)29-26(33-21)14-6-2-11-19-23(14)35-28(31-19)16-8-4-12-20-24(16)36-27(32-20)15-7-3-10-18-22(15)34-25(13)30-18/h1-12H. The van der Waals surface area contributed by atoms with Gasteiger partial charge in [-0.1, -0.05) is 48.5 Å². The molecule has 0 atom stereocenters. The minimum absolute atomic E-state index is 0.560. The molecule has 0 N–H and O–H groups in total. The van der Waals surface area contributed by atoms with Gasteiger partial charge in [0, 0.05) is 0 Å². The molecule has 0 spiro atoms. The highest BCUT2D eigenvalue weighted by molar-refractivity contribution is 6.71. The van der Waals surface area contributed by atoms with Gasteiger partial charge in [0.15, 0.2) is 0 Å². The SMILES string of the molecule is c1cc2c3c(c1)B1Oc4cccc(c4O1)B1Oc4cccc(c4O1)B1Oc4cccc(c4O1)B(O2)O3. The number of hydrogen-bond donors (Lipinski definition) is 0. The van der Waals surface area contributed by atoms with E-state index in [2.05, 4.69) is 0 Å². The van der Waals surface area contributed by atoms with Gasteiger partial charge in [0.25, 0.3) is 0 Å². The average Bonchev–Trinajstić information content (AvgIpc) is 3.69. The molecule has 0 aliphatic carbocycles. The second kappa shape index (κ2) is 6.60. The van der Waals surface area contributed by atoms with Crippen LogP contribution in [0.4, 0.5) is 0 Å². The summed E-state index contributed by atoms with van der Waals surface area (Å²) in [5.41, 5.74) is 2.85. The molecule has 0 amide bonds. The van der Waals surface area contributed by atoms with Crippen molar-refractivity contribution in [2.24, 2.45) is 0 Å². The fourth-order valence-electron chi connectivity index (χ4n) is 5.24. The van der Waals surface area contributed by atoms with Crippen LogP contribution in [0.1, 0.15) is 0 Å². The van der Waals surface area contributed by atoms with Crippen LogP contribution < -0.4 is 59.1 Å². The first-order chi connectivity index (χ1) is 17.8. The van der Waals surface area contributed by atoms with Crippen molar-refractivity contribution in [1.82, 2.24) is 0 Å². The second-order valence-electron chi connectivity index (χ2n) is 8.97. The molecule has 0 aromatic heterocycles. The Morgan fingerprint density at radius 1 is 0.306 bits per heavy atom. The van der Waals surface area contributed by atoms with Gasteiger partial charge in [0.2, 0.25) is 0 Å². The monoisotopic (exact) mass is 472 g/mol. The molecule has 12 heteroatoms. The van der Waals surface area contributed by atoms with Gasteiger partial charge in [-0.25, -0.2) is 0 Å². The van der Waals surface area contributed by atoms with Crippen LogP contribution in [0.15, 0.2) is 72.8 Å². The Balaban J connectivity index is 1.25. The predicted octanol–water partition coefficient (Wildman–Crippen LogP) is 0.666. The van der Waals surface area contributed by atoms with E-state index < -0.39 is 28.5 Å². The van der Waals surface area contributed by atoms with E-state index in [1.165, 1.54) is 0 Å². The van der Waals surface area contributed by atoms with Gasteiger partial charge in [-0.05, 0) is 24.3 Å². The third-order valence-electron chi connectivity index (χ3n) is 6.89. The minimum Gasteiger partial charge on any atom is -0.519 e. The van der Waals surface area contributed by atoms with Crippen molar-refractivity contribution in [2.45, 2.75) is 0 Å². The zero-order valence-corrected chi connectivity index (χ0v) is 18.5. The predicted molar refractivity (Wildman–Crippen MR) is 132 cm³/mol. The highest BCUT2D eigenvalue weighted by Gasteiger charge is 2.50. The van der Waals surface area contributed by atoms with Crippen LogP contribution in [0.5, 0.6) is 46.0 Å². The Labute approximate surface area is 206 Å². The molecule has 36 heavy (non-hydrogen) atoms. The maximum absolute atomic E-state index is 6.33. The molecular weight excluding hydrogens is 460 g/mol. The van der Waals surface area contributed by atoms with Crippen LogP contribution in [-0.2, 0) is 0 Å². The molecule has 0 saturated carbocycles. The van der Waals surface area contributed by atoms with Crippen LogP contribution in [0.3, 0.4) is 0 Å². The molecule has 8 bridgehead atoms. The molecule has 8 nitrogen and oxygen atoms in total. The van der Waals surface area contributed by atoms with E-state index in [9.17, 15) is 0 Å². The van der Waals surface area contributed by atoms with E-state index >= 15 is 0 Å². The molecule has 0 fully saturated rings. The summed E-state index contributed by atoms with van der Waals surface area (Å²) in [5.74, 6) is 4.62. The first kappa shape index (κ1) is 18.8. The number of benzene rings is 4. The lowest BCUT2D eigenvalue weighted by Crippen LogP contribution is -2.45. The van der Waals surface area contributed by atoms with E-state index in [1.807, 2.05) is 72.8 Å². The Bertz CT molecular complexity index is 1380. The van der Waals surface area contributed by atoms with Crippen LogP contribution in [0.25, 0.3) is 0 Å². The van der Waals surface area contributed by atoms with Gasteiger partial charge in [-0.15, -0.1) is 0 Å². The summed E-state index contributed by atoms with van der Waals surface area (Å²) in [6.07, 6.45) is 0. The number of hydrogen-bond acceptors (Lipinski definition) is 8. The molecule has 5 aliphatic rings. The Morgan fingerprint density at radius 3 is 0.806 bits per heavy atom. The second-order valence-corrected chi connectivity index (χ2v) is 8.97. The summed E-state index contributed by atoms with van der Waals surface area (Å²) >= 11 is 0. The van der Waals surface area contributed by atoms with Gasteiger partial charge in [-0.3, -0.25) is 0 Å². The molecule has 0 saturated heterocycles. The van der Waals surface area contributed by atoms with E-state index in [0.29, 0.717) is 67.8 Å². The summed E-state index contributed by atoms with van der Waals surface area (Å²) in [6.45, 7) is 0. The van der Waals surface area contributed by atoms with E-state index in [4.69, 9.17) is 37.2 Å². The van der Waals surface area contributed by atoms with Crippen molar-refractivity contribution < 1.29 is 37.2 Å². The highest BCUT2D eigenvalue weighted by Crippen LogP contribution is 2.41. The largest absolute Gasteiger partial charge is 0.636 e. The minimum atomic E-state index is -0.726. The van der Waals surface area contributed by atoms with Crippen molar-refractivity contribution in [3.63, 3.8) is 0 Å². The smallest absolute Gasteiger partial charge is 0.519 e. The Kier molecular flexibility index (Phi) is 3.45. The number of rotatable bonds is 0. The van der Waals surface area contributed by atoms with Gasteiger partial charge < -0.3 is 37.2 Å². The van der Waals surface area contributed by atoms with E-state index in [0.717, 1.165) is 0 Å². The molecule has 168 valence electrons. The summed E-state index contributed by atoms with van der Waals surface area (Å²) < 4.78 is 50.2. The average molecular weight is 472 g/mol.